The molecule has 0 spiro atoms. The third kappa shape index (κ3) is 3.56. The van der Waals surface area contributed by atoms with E-state index in [0.717, 1.165) is 29.0 Å². The number of thioether (sulfide) groups is 1. The number of ketones is 1. The molecule has 1 saturated heterocycles. The molecule has 3 heteroatoms. The van der Waals surface area contributed by atoms with Gasteiger partial charge in [-0.15, -0.1) is 0 Å². The first-order chi connectivity index (χ1) is 9.61. The van der Waals surface area contributed by atoms with E-state index < -0.39 is 0 Å². The molecule has 0 N–H and O–H groups in total. The summed E-state index contributed by atoms with van der Waals surface area (Å²) in [6.07, 6.45) is 7.97. The highest BCUT2D eigenvalue weighted by Crippen LogP contribution is 2.39. The van der Waals surface area contributed by atoms with Crippen LogP contribution < -0.4 is 0 Å². The second-order valence-electron chi connectivity index (χ2n) is 6.59. The van der Waals surface area contributed by atoms with E-state index in [1.807, 2.05) is 6.92 Å². The highest BCUT2D eigenvalue weighted by atomic mass is 32.2. The normalized spacial score (nSPS) is 31.4. The first-order valence-corrected chi connectivity index (χ1v) is 8.81. The number of rotatable bonds is 5. The zero-order valence-electron chi connectivity index (χ0n) is 12.4. The maximum absolute atomic E-state index is 11.8. The Kier molecular flexibility index (Phi) is 4.37. The van der Waals surface area contributed by atoms with E-state index in [4.69, 9.17) is 0 Å². The molecule has 110 valence electrons. The standard InChI is InChI=1S/C17H25NOS/c1-12-3-4-14(9-17(12)19)13(2)10-18-8-7-16(11-18)20-15-5-6-15/h3,14-16H,2,4-11H2,1H3. The van der Waals surface area contributed by atoms with Gasteiger partial charge in [0.15, 0.2) is 5.78 Å². The number of carbonyl (C=O) groups excluding carboxylic acids is 1. The van der Waals surface area contributed by atoms with Gasteiger partial charge in [-0.1, -0.05) is 18.2 Å². The smallest absolute Gasteiger partial charge is 0.158 e. The van der Waals surface area contributed by atoms with Crippen molar-refractivity contribution < 1.29 is 4.79 Å². The molecule has 0 aromatic rings. The number of Topliss-reactive ketones (excluding diaryl/α,β-unsaturated/α-hetero) is 1. The lowest BCUT2D eigenvalue weighted by molar-refractivity contribution is -0.116. The van der Waals surface area contributed by atoms with Crippen LogP contribution in [-0.4, -0.2) is 40.8 Å². The quantitative estimate of drug-likeness (QED) is 0.724. The highest BCUT2D eigenvalue weighted by molar-refractivity contribution is 8.00. The largest absolute Gasteiger partial charge is 0.298 e. The lowest BCUT2D eigenvalue weighted by Gasteiger charge is -2.25. The van der Waals surface area contributed by atoms with Gasteiger partial charge in [-0.25, -0.2) is 0 Å². The minimum Gasteiger partial charge on any atom is -0.298 e. The number of hydrogen-bond acceptors (Lipinski definition) is 3. The summed E-state index contributed by atoms with van der Waals surface area (Å²) in [5.41, 5.74) is 2.20. The molecular weight excluding hydrogens is 266 g/mol. The number of carbonyl (C=O) groups is 1. The van der Waals surface area contributed by atoms with Crippen molar-refractivity contribution >= 4 is 17.5 Å². The van der Waals surface area contributed by atoms with E-state index >= 15 is 0 Å². The summed E-state index contributed by atoms with van der Waals surface area (Å²) in [6, 6.07) is 0. The lowest BCUT2D eigenvalue weighted by atomic mass is 9.84. The topological polar surface area (TPSA) is 20.3 Å². The molecule has 0 aromatic heterocycles. The van der Waals surface area contributed by atoms with Gasteiger partial charge in [0.2, 0.25) is 0 Å². The highest BCUT2D eigenvalue weighted by Gasteiger charge is 2.31. The summed E-state index contributed by atoms with van der Waals surface area (Å²) in [6.45, 7) is 9.62. The van der Waals surface area contributed by atoms with Crippen molar-refractivity contribution in [1.82, 2.24) is 4.90 Å². The molecular formula is C17H25NOS. The molecule has 0 amide bonds. The number of allylic oxidation sites excluding steroid dienone is 2. The second-order valence-corrected chi connectivity index (χ2v) is 8.19. The summed E-state index contributed by atoms with van der Waals surface area (Å²) in [4.78, 5) is 14.3. The lowest BCUT2D eigenvalue weighted by Crippen LogP contribution is -2.27. The summed E-state index contributed by atoms with van der Waals surface area (Å²) in [5, 5.41) is 1.80. The Morgan fingerprint density at radius 1 is 1.40 bits per heavy atom. The number of likely N-dealkylation sites (tertiary alicyclic amines) is 1. The molecule has 3 rings (SSSR count). The van der Waals surface area contributed by atoms with Crippen molar-refractivity contribution in [3.8, 4) is 0 Å². The van der Waals surface area contributed by atoms with E-state index in [0.29, 0.717) is 18.1 Å². The second kappa shape index (κ2) is 6.07. The Hall–Kier alpha value is -0.540. The van der Waals surface area contributed by atoms with Crippen molar-refractivity contribution in [1.29, 1.82) is 0 Å². The van der Waals surface area contributed by atoms with E-state index in [9.17, 15) is 4.79 Å². The molecule has 2 unspecified atom stereocenters. The first-order valence-electron chi connectivity index (χ1n) is 7.87. The predicted molar refractivity (Wildman–Crippen MR) is 86.1 cm³/mol. The molecule has 1 heterocycles. The summed E-state index contributed by atoms with van der Waals surface area (Å²) in [5.74, 6) is 0.687. The monoisotopic (exact) mass is 291 g/mol. The Balaban J connectivity index is 1.46. The number of hydrogen-bond donors (Lipinski definition) is 0. The van der Waals surface area contributed by atoms with Gasteiger partial charge in [-0.05, 0) is 50.6 Å². The van der Waals surface area contributed by atoms with Crippen molar-refractivity contribution in [3.63, 3.8) is 0 Å². The summed E-state index contributed by atoms with van der Waals surface area (Å²) >= 11 is 2.21. The minimum atomic E-state index is 0.311. The molecule has 0 radical (unpaired) electrons. The average Bonchev–Trinajstić information content (AvgIpc) is 3.12. The van der Waals surface area contributed by atoms with Crippen molar-refractivity contribution in [2.45, 2.75) is 49.5 Å². The minimum absolute atomic E-state index is 0.311. The van der Waals surface area contributed by atoms with Gasteiger partial charge in [0.25, 0.3) is 0 Å². The van der Waals surface area contributed by atoms with Crippen LogP contribution in [-0.2, 0) is 4.79 Å². The van der Waals surface area contributed by atoms with Gasteiger partial charge >= 0.3 is 0 Å². The molecule has 1 aliphatic heterocycles. The van der Waals surface area contributed by atoms with Gasteiger partial charge in [0, 0.05) is 30.0 Å². The molecule has 1 saturated carbocycles. The van der Waals surface area contributed by atoms with E-state index in [-0.39, 0.29) is 0 Å². The predicted octanol–water partition coefficient (Wildman–Crippen LogP) is 3.44. The molecule has 3 aliphatic rings. The average molecular weight is 291 g/mol. The van der Waals surface area contributed by atoms with Crippen LogP contribution in [0.2, 0.25) is 0 Å². The SMILES string of the molecule is C=C(CN1CCC(SC2CC2)C1)C1CC=C(C)C(=O)C1. The fourth-order valence-corrected chi connectivity index (χ4v) is 4.65. The Bertz CT molecular complexity index is 438. The van der Waals surface area contributed by atoms with Gasteiger partial charge in [-0.2, -0.15) is 11.8 Å². The van der Waals surface area contributed by atoms with Gasteiger partial charge in [0.1, 0.15) is 0 Å². The maximum atomic E-state index is 11.8. The zero-order valence-corrected chi connectivity index (χ0v) is 13.3. The van der Waals surface area contributed by atoms with Gasteiger partial charge in [-0.3, -0.25) is 9.69 Å². The van der Waals surface area contributed by atoms with E-state index in [1.165, 1.54) is 37.9 Å². The molecule has 2 fully saturated rings. The third-order valence-corrected chi connectivity index (χ3v) is 6.35. The molecule has 20 heavy (non-hydrogen) atoms. The Labute approximate surface area is 126 Å². The third-order valence-electron chi connectivity index (χ3n) is 4.72. The van der Waals surface area contributed by atoms with E-state index in [1.54, 1.807) is 0 Å². The van der Waals surface area contributed by atoms with Gasteiger partial charge in [0.05, 0.1) is 0 Å². The first kappa shape index (κ1) is 14.4. The Morgan fingerprint density at radius 3 is 2.90 bits per heavy atom. The van der Waals surface area contributed by atoms with Crippen molar-refractivity contribution in [3.05, 3.63) is 23.8 Å². The fourth-order valence-electron chi connectivity index (χ4n) is 3.16. The maximum Gasteiger partial charge on any atom is 0.158 e. The Morgan fingerprint density at radius 2 is 2.20 bits per heavy atom. The van der Waals surface area contributed by atoms with E-state index in [2.05, 4.69) is 29.3 Å². The molecule has 0 aromatic carbocycles. The van der Waals surface area contributed by atoms with Crippen LogP contribution in [0.3, 0.4) is 0 Å². The molecule has 2 aliphatic carbocycles. The fraction of sp³-hybridized carbons (Fsp3) is 0.706. The van der Waals surface area contributed by atoms with Crippen LogP contribution in [0, 0.1) is 5.92 Å². The van der Waals surface area contributed by atoms with Gasteiger partial charge < -0.3 is 0 Å². The zero-order chi connectivity index (χ0) is 14.1. The molecule has 2 atom stereocenters. The van der Waals surface area contributed by atoms with Crippen molar-refractivity contribution in [2.24, 2.45) is 5.92 Å². The molecule has 0 bridgehead atoms. The molecule has 2 nitrogen and oxygen atoms in total. The van der Waals surface area contributed by atoms with Crippen LogP contribution in [0.1, 0.15) is 39.0 Å². The number of nitrogens with zero attached hydrogens (tertiary/aromatic N) is 1. The van der Waals surface area contributed by atoms with Crippen LogP contribution in [0.5, 0.6) is 0 Å². The van der Waals surface area contributed by atoms with Crippen LogP contribution in [0.4, 0.5) is 0 Å². The van der Waals surface area contributed by atoms with Crippen molar-refractivity contribution in [2.75, 3.05) is 19.6 Å². The summed E-state index contributed by atoms with van der Waals surface area (Å²) in [7, 11) is 0. The van der Waals surface area contributed by atoms with Crippen LogP contribution >= 0.6 is 11.8 Å². The summed E-state index contributed by atoms with van der Waals surface area (Å²) < 4.78 is 0. The van der Waals surface area contributed by atoms with Crippen LogP contribution in [0.15, 0.2) is 23.8 Å². The van der Waals surface area contributed by atoms with Crippen LogP contribution in [0.25, 0.3) is 0 Å².